The summed E-state index contributed by atoms with van der Waals surface area (Å²) in [5, 5.41) is 0.565. The van der Waals surface area contributed by atoms with Crippen LogP contribution in [-0.2, 0) is 0 Å². The van der Waals surface area contributed by atoms with Gasteiger partial charge in [-0.15, -0.1) is 0 Å². The molecular weight excluding hydrogens is 222 g/mol. The number of nitrogen functional groups attached to an aromatic ring is 1. The number of hydrogen-bond donors (Lipinski definition) is 1. The summed E-state index contributed by atoms with van der Waals surface area (Å²) < 4.78 is 0. The van der Waals surface area contributed by atoms with Crippen LogP contribution in [0.5, 0.6) is 0 Å². The molecule has 0 bridgehead atoms. The fraction of sp³-hybridized carbons (Fsp3) is 0.462. The van der Waals surface area contributed by atoms with E-state index in [0.717, 1.165) is 12.8 Å². The maximum atomic E-state index is 11.9. The van der Waals surface area contributed by atoms with Crippen LogP contribution in [-0.4, -0.2) is 5.78 Å². The molecule has 1 unspecified atom stereocenters. The van der Waals surface area contributed by atoms with E-state index in [4.69, 9.17) is 17.3 Å². The van der Waals surface area contributed by atoms with Crippen molar-refractivity contribution in [2.24, 2.45) is 5.92 Å². The zero-order valence-corrected chi connectivity index (χ0v) is 10.6. The highest BCUT2D eigenvalue weighted by Gasteiger charge is 2.13. The average molecular weight is 240 g/mol. The van der Waals surface area contributed by atoms with Gasteiger partial charge in [0.05, 0.1) is 0 Å². The third-order valence-electron chi connectivity index (χ3n) is 2.63. The van der Waals surface area contributed by atoms with Gasteiger partial charge in [-0.2, -0.15) is 0 Å². The van der Waals surface area contributed by atoms with E-state index < -0.39 is 0 Å². The SMILES string of the molecule is CCCC(C)CC(=O)c1ccc(Cl)cc1N. The minimum Gasteiger partial charge on any atom is -0.398 e. The van der Waals surface area contributed by atoms with Gasteiger partial charge in [0.15, 0.2) is 5.78 Å². The maximum Gasteiger partial charge on any atom is 0.165 e. The molecule has 0 saturated carbocycles. The summed E-state index contributed by atoms with van der Waals surface area (Å²) in [6.07, 6.45) is 2.73. The van der Waals surface area contributed by atoms with Gasteiger partial charge in [-0.05, 0) is 24.1 Å². The summed E-state index contributed by atoms with van der Waals surface area (Å²) in [6, 6.07) is 5.04. The van der Waals surface area contributed by atoms with Gasteiger partial charge < -0.3 is 5.73 Å². The van der Waals surface area contributed by atoms with E-state index in [2.05, 4.69) is 13.8 Å². The molecule has 16 heavy (non-hydrogen) atoms. The predicted octanol–water partition coefficient (Wildman–Crippen LogP) is 3.93. The molecule has 2 nitrogen and oxygen atoms in total. The lowest BCUT2D eigenvalue weighted by atomic mass is 9.95. The topological polar surface area (TPSA) is 43.1 Å². The van der Waals surface area contributed by atoms with Crippen LogP contribution < -0.4 is 5.73 Å². The molecular formula is C13H18ClNO. The fourth-order valence-electron chi connectivity index (χ4n) is 1.81. The first-order chi connectivity index (χ1) is 7.54. The average Bonchev–Trinajstić information content (AvgIpc) is 2.17. The van der Waals surface area contributed by atoms with Crippen LogP contribution >= 0.6 is 11.6 Å². The van der Waals surface area contributed by atoms with Gasteiger partial charge >= 0.3 is 0 Å². The van der Waals surface area contributed by atoms with Crippen LogP contribution in [0.1, 0.15) is 43.5 Å². The summed E-state index contributed by atoms with van der Waals surface area (Å²) >= 11 is 5.79. The van der Waals surface area contributed by atoms with Crippen LogP contribution in [0.15, 0.2) is 18.2 Å². The van der Waals surface area contributed by atoms with E-state index in [9.17, 15) is 4.79 Å². The zero-order valence-electron chi connectivity index (χ0n) is 9.79. The van der Waals surface area contributed by atoms with E-state index >= 15 is 0 Å². The molecule has 0 amide bonds. The molecule has 3 heteroatoms. The van der Waals surface area contributed by atoms with Crippen molar-refractivity contribution in [2.45, 2.75) is 33.1 Å². The van der Waals surface area contributed by atoms with Crippen LogP contribution in [0.2, 0.25) is 5.02 Å². The Hall–Kier alpha value is -1.02. The Bertz CT molecular complexity index is 376. The van der Waals surface area contributed by atoms with Crippen LogP contribution in [0, 0.1) is 5.92 Å². The maximum absolute atomic E-state index is 11.9. The molecule has 0 aromatic heterocycles. The lowest BCUT2D eigenvalue weighted by molar-refractivity contribution is 0.0963. The first kappa shape index (κ1) is 13.0. The molecule has 0 radical (unpaired) electrons. The molecule has 1 aromatic rings. The van der Waals surface area contributed by atoms with Gasteiger partial charge in [0, 0.05) is 22.7 Å². The van der Waals surface area contributed by atoms with E-state index in [-0.39, 0.29) is 5.78 Å². The first-order valence-corrected chi connectivity index (χ1v) is 6.00. The van der Waals surface area contributed by atoms with Crippen LogP contribution in [0.4, 0.5) is 5.69 Å². The van der Waals surface area contributed by atoms with Gasteiger partial charge in [-0.25, -0.2) is 0 Å². The van der Waals surface area contributed by atoms with Crippen molar-refractivity contribution < 1.29 is 4.79 Å². The largest absolute Gasteiger partial charge is 0.398 e. The molecule has 1 aromatic carbocycles. The van der Waals surface area contributed by atoms with Crippen molar-refractivity contribution in [3.63, 3.8) is 0 Å². The van der Waals surface area contributed by atoms with E-state index in [1.165, 1.54) is 0 Å². The lowest BCUT2D eigenvalue weighted by Gasteiger charge is -2.10. The lowest BCUT2D eigenvalue weighted by Crippen LogP contribution is -2.08. The third-order valence-corrected chi connectivity index (χ3v) is 2.86. The smallest absolute Gasteiger partial charge is 0.165 e. The number of anilines is 1. The Labute approximate surface area is 102 Å². The molecule has 0 saturated heterocycles. The van der Waals surface area contributed by atoms with Crippen molar-refractivity contribution in [3.8, 4) is 0 Å². The highest BCUT2D eigenvalue weighted by Crippen LogP contribution is 2.21. The first-order valence-electron chi connectivity index (χ1n) is 5.62. The standard InChI is InChI=1S/C13H18ClNO/c1-3-4-9(2)7-13(16)11-6-5-10(14)8-12(11)15/h5-6,8-9H,3-4,7,15H2,1-2H3. The van der Waals surface area contributed by atoms with Gasteiger partial charge in [-0.1, -0.05) is 38.3 Å². The predicted molar refractivity (Wildman–Crippen MR) is 68.9 cm³/mol. The highest BCUT2D eigenvalue weighted by molar-refractivity contribution is 6.31. The van der Waals surface area contributed by atoms with E-state index in [0.29, 0.717) is 28.6 Å². The van der Waals surface area contributed by atoms with E-state index in [1.54, 1.807) is 18.2 Å². The second kappa shape index (κ2) is 5.90. The number of halogens is 1. The van der Waals surface area contributed by atoms with Crippen molar-refractivity contribution in [1.82, 2.24) is 0 Å². The van der Waals surface area contributed by atoms with Crippen molar-refractivity contribution >= 4 is 23.1 Å². The number of nitrogens with two attached hydrogens (primary N) is 1. The number of ketones is 1. The summed E-state index contributed by atoms with van der Waals surface area (Å²) in [6.45, 7) is 4.21. The second-order valence-electron chi connectivity index (χ2n) is 4.25. The van der Waals surface area contributed by atoms with Gasteiger partial charge in [0.25, 0.3) is 0 Å². The third kappa shape index (κ3) is 3.53. The Morgan fingerprint density at radius 2 is 2.19 bits per heavy atom. The summed E-state index contributed by atoms with van der Waals surface area (Å²) in [5.74, 6) is 0.516. The molecule has 0 aliphatic carbocycles. The van der Waals surface area contributed by atoms with Gasteiger partial charge in [0.2, 0.25) is 0 Å². The Morgan fingerprint density at radius 3 is 2.75 bits per heavy atom. The monoisotopic (exact) mass is 239 g/mol. The Morgan fingerprint density at radius 1 is 1.50 bits per heavy atom. The molecule has 0 aliphatic rings. The molecule has 2 N–H and O–H groups in total. The molecule has 0 spiro atoms. The van der Waals surface area contributed by atoms with Crippen molar-refractivity contribution in [2.75, 3.05) is 5.73 Å². The molecule has 0 aliphatic heterocycles. The normalized spacial score (nSPS) is 12.4. The second-order valence-corrected chi connectivity index (χ2v) is 4.69. The summed E-state index contributed by atoms with van der Waals surface area (Å²) in [5.41, 5.74) is 6.83. The molecule has 0 heterocycles. The van der Waals surface area contributed by atoms with Crippen LogP contribution in [0.3, 0.4) is 0 Å². The minimum absolute atomic E-state index is 0.107. The number of hydrogen-bond acceptors (Lipinski definition) is 2. The molecule has 1 rings (SSSR count). The minimum atomic E-state index is 0.107. The molecule has 1 atom stereocenters. The van der Waals surface area contributed by atoms with Gasteiger partial charge in [-0.3, -0.25) is 4.79 Å². The van der Waals surface area contributed by atoms with Crippen molar-refractivity contribution in [3.05, 3.63) is 28.8 Å². The number of carbonyl (C=O) groups is 1. The van der Waals surface area contributed by atoms with Gasteiger partial charge in [0.1, 0.15) is 0 Å². The number of carbonyl (C=O) groups excluding carboxylic acids is 1. The number of benzene rings is 1. The van der Waals surface area contributed by atoms with Crippen LogP contribution in [0.25, 0.3) is 0 Å². The summed E-state index contributed by atoms with van der Waals surface area (Å²) in [4.78, 5) is 11.9. The van der Waals surface area contributed by atoms with Crippen molar-refractivity contribution in [1.29, 1.82) is 0 Å². The summed E-state index contributed by atoms with van der Waals surface area (Å²) in [7, 11) is 0. The zero-order chi connectivity index (χ0) is 12.1. The Balaban J connectivity index is 2.73. The Kier molecular flexibility index (Phi) is 4.81. The molecule has 88 valence electrons. The molecule has 0 fully saturated rings. The fourth-order valence-corrected chi connectivity index (χ4v) is 1.99. The van der Waals surface area contributed by atoms with E-state index in [1.807, 2.05) is 0 Å². The number of rotatable bonds is 5. The quantitative estimate of drug-likeness (QED) is 0.625. The highest BCUT2D eigenvalue weighted by atomic mass is 35.5. The number of Topliss-reactive ketones (excluding diaryl/α,β-unsaturated/α-hetero) is 1.